The van der Waals surface area contributed by atoms with Crippen LogP contribution in [0.15, 0.2) is 34.2 Å². The Morgan fingerprint density at radius 3 is 2.61 bits per heavy atom. The van der Waals surface area contributed by atoms with Gasteiger partial charge in [0.05, 0.1) is 6.21 Å². The molecule has 1 fully saturated rings. The fourth-order valence-electron chi connectivity index (χ4n) is 2.53. The molecule has 1 amide bonds. The number of aromatic nitrogens is 3. The van der Waals surface area contributed by atoms with Crippen molar-refractivity contribution in [3.63, 3.8) is 0 Å². The Balaban J connectivity index is 1.77. The number of rotatable bonds is 3. The molecule has 1 aromatic heterocycles. The van der Waals surface area contributed by atoms with Gasteiger partial charge in [0.15, 0.2) is 0 Å². The van der Waals surface area contributed by atoms with Gasteiger partial charge in [0.2, 0.25) is 5.69 Å². The predicted octanol–water partition coefficient (Wildman–Crippen LogP) is 1.39. The summed E-state index contributed by atoms with van der Waals surface area (Å²) in [6.07, 6.45) is 4.61. The number of nitrogens with zero attached hydrogens (tertiary/aromatic N) is 4. The van der Waals surface area contributed by atoms with E-state index in [9.17, 15) is 9.59 Å². The number of aryl methyl sites for hydroxylation is 1. The molecule has 7 heteroatoms. The largest absolute Gasteiger partial charge is 0.337 e. The van der Waals surface area contributed by atoms with Crippen LogP contribution in [-0.4, -0.2) is 45.2 Å². The minimum Gasteiger partial charge on any atom is -0.337 e. The maximum atomic E-state index is 12.3. The van der Waals surface area contributed by atoms with E-state index in [1.54, 1.807) is 11.1 Å². The number of hydrogen-bond donors (Lipinski definition) is 1. The third kappa shape index (κ3) is 3.39. The Labute approximate surface area is 133 Å². The molecule has 0 atom stereocenters. The lowest BCUT2D eigenvalue weighted by molar-refractivity contribution is 0.0717. The molecule has 1 saturated heterocycles. The summed E-state index contributed by atoms with van der Waals surface area (Å²) in [5, 5.41) is 10.4. The highest BCUT2D eigenvalue weighted by Crippen LogP contribution is 2.10. The molecular formula is C16H19N5O2. The van der Waals surface area contributed by atoms with Crippen molar-refractivity contribution in [1.82, 2.24) is 20.0 Å². The van der Waals surface area contributed by atoms with Gasteiger partial charge in [-0.2, -0.15) is 10.3 Å². The van der Waals surface area contributed by atoms with E-state index >= 15 is 0 Å². The molecule has 0 bridgehead atoms. The third-order valence-corrected chi connectivity index (χ3v) is 3.90. The molecule has 120 valence electrons. The lowest BCUT2D eigenvalue weighted by Gasteiger charge is -2.25. The second-order valence-electron chi connectivity index (χ2n) is 5.69. The van der Waals surface area contributed by atoms with Gasteiger partial charge in [-0.3, -0.25) is 9.59 Å². The highest BCUT2D eigenvalue weighted by molar-refractivity contribution is 5.92. The number of H-pyrrole nitrogens is 1. The number of aromatic amines is 1. The van der Waals surface area contributed by atoms with Crippen molar-refractivity contribution in [2.75, 3.05) is 13.1 Å². The van der Waals surface area contributed by atoms with Gasteiger partial charge in [0.25, 0.3) is 5.91 Å². The van der Waals surface area contributed by atoms with Crippen LogP contribution in [0.2, 0.25) is 0 Å². The highest BCUT2D eigenvalue weighted by Gasteiger charge is 2.24. The van der Waals surface area contributed by atoms with Crippen LogP contribution in [-0.2, 0) is 0 Å². The molecule has 23 heavy (non-hydrogen) atoms. The Hall–Kier alpha value is -2.70. The standard InChI is InChI=1S/C16H19N5O2/c1-12-5-7-13(8-6-12)11-17-21-16(23)14(18-19-21)15(22)20-9-3-2-4-10-20/h5-8,11,19H,2-4,9-10H2,1H3. The normalized spacial score (nSPS) is 15.3. The number of nitrogens with one attached hydrogen (secondary N) is 1. The van der Waals surface area contributed by atoms with E-state index < -0.39 is 5.56 Å². The maximum Gasteiger partial charge on any atom is 0.320 e. The molecule has 1 aliphatic heterocycles. The molecule has 3 rings (SSSR count). The first kappa shape index (κ1) is 15.2. The van der Waals surface area contributed by atoms with Gasteiger partial charge >= 0.3 is 5.56 Å². The smallest absolute Gasteiger partial charge is 0.320 e. The van der Waals surface area contributed by atoms with Gasteiger partial charge in [-0.25, -0.2) is 0 Å². The van der Waals surface area contributed by atoms with E-state index in [1.807, 2.05) is 31.2 Å². The molecule has 1 aromatic carbocycles. The molecule has 2 aromatic rings. The molecule has 7 nitrogen and oxygen atoms in total. The summed E-state index contributed by atoms with van der Waals surface area (Å²) >= 11 is 0. The monoisotopic (exact) mass is 313 g/mol. The van der Waals surface area contributed by atoms with Crippen molar-refractivity contribution in [3.05, 3.63) is 51.4 Å². The van der Waals surface area contributed by atoms with Crippen LogP contribution in [0.5, 0.6) is 0 Å². The van der Waals surface area contributed by atoms with Crippen LogP contribution in [0, 0.1) is 6.92 Å². The predicted molar refractivity (Wildman–Crippen MR) is 86.8 cm³/mol. The Kier molecular flexibility index (Phi) is 4.36. The topological polar surface area (TPSA) is 83.3 Å². The fourth-order valence-corrected chi connectivity index (χ4v) is 2.53. The van der Waals surface area contributed by atoms with Crippen molar-refractivity contribution in [2.45, 2.75) is 26.2 Å². The lowest BCUT2D eigenvalue weighted by Crippen LogP contribution is -2.38. The summed E-state index contributed by atoms with van der Waals surface area (Å²) in [7, 11) is 0. The van der Waals surface area contributed by atoms with Gasteiger partial charge in [-0.05, 0) is 31.7 Å². The van der Waals surface area contributed by atoms with E-state index in [0.717, 1.165) is 35.2 Å². The van der Waals surface area contributed by atoms with Crippen LogP contribution in [0.3, 0.4) is 0 Å². The number of likely N-dealkylation sites (tertiary alicyclic amines) is 1. The van der Waals surface area contributed by atoms with E-state index in [4.69, 9.17) is 0 Å². The van der Waals surface area contributed by atoms with Crippen molar-refractivity contribution in [3.8, 4) is 0 Å². The van der Waals surface area contributed by atoms with Crippen LogP contribution in [0.4, 0.5) is 0 Å². The number of carbonyl (C=O) groups excluding carboxylic acids is 1. The fraction of sp³-hybridized carbons (Fsp3) is 0.375. The molecule has 0 radical (unpaired) electrons. The SMILES string of the molecule is Cc1ccc(C=Nn2[nH]nc(C(=O)N3CCCCC3)c2=O)cc1. The number of carbonyl (C=O) groups is 1. The average molecular weight is 313 g/mol. The summed E-state index contributed by atoms with van der Waals surface area (Å²) in [6.45, 7) is 3.36. The van der Waals surface area contributed by atoms with E-state index in [1.165, 1.54) is 0 Å². The summed E-state index contributed by atoms with van der Waals surface area (Å²) in [4.78, 5) is 27.2. The maximum absolute atomic E-state index is 12.3. The summed E-state index contributed by atoms with van der Waals surface area (Å²) in [5.74, 6) is -0.324. The summed E-state index contributed by atoms with van der Waals surface area (Å²) < 4.78 is 0. The highest BCUT2D eigenvalue weighted by atomic mass is 16.2. The molecule has 1 aliphatic rings. The van der Waals surface area contributed by atoms with Gasteiger partial charge in [-0.1, -0.05) is 29.8 Å². The molecule has 2 heterocycles. The molecular weight excluding hydrogens is 294 g/mol. The lowest BCUT2D eigenvalue weighted by atomic mass is 10.1. The minimum absolute atomic E-state index is 0.104. The second kappa shape index (κ2) is 6.60. The van der Waals surface area contributed by atoms with E-state index in [2.05, 4.69) is 15.4 Å². The molecule has 0 saturated carbocycles. The van der Waals surface area contributed by atoms with Gasteiger partial charge in [-0.15, -0.1) is 9.89 Å². The average Bonchev–Trinajstić information content (AvgIpc) is 2.95. The summed E-state index contributed by atoms with van der Waals surface area (Å²) in [6, 6.07) is 7.73. The Bertz CT molecular complexity index is 767. The van der Waals surface area contributed by atoms with Gasteiger partial charge in [0.1, 0.15) is 0 Å². The van der Waals surface area contributed by atoms with Crippen molar-refractivity contribution in [1.29, 1.82) is 0 Å². The van der Waals surface area contributed by atoms with Gasteiger partial charge in [0, 0.05) is 13.1 Å². The van der Waals surface area contributed by atoms with Crippen molar-refractivity contribution < 1.29 is 4.79 Å². The second-order valence-corrected chi connectivity index (χ2v) is 5.69. The molecule has 0 spiro atoms. The van der Waals surface area contributed by atoms with E-state index in [0.29, 0.717) is 13.1 Å². The van der Waals surface area contributed by atoms with Crippen LogP contribution in [0.25, 0.3) is 0 Å². The van der Waals surface area contributed by atoms with Crippen LogP contribution in [0.1, 0.15) is 40.9 Å². The van der Waals surface area contributed by atoms with E-state index in [-0.39, 0.29) is 11.6 Å². The van der Waals surface area contributed by atoms with Crippen molar-refractivity contribution >= 4 is 12.1 Å². The first-order chi connectivity index (χ1) is 11.1. The minimum atomic E-state index is -0.524. The quantitative estimate of drug-likeness (QED) is 0.869. The zero-order chi connectivity index (χ0) is 16.2. The third-order valence-electron chi connectivity index (χ3n) is 3.90. The van der Waals surface area contributed by atoms with Gasteiger partial charge < -0.3 is 4.90 Å². The number of piperidine rings is 1. The molecule has 0 aliphatic carbocycles. The molecule has 1 N–H and O–H groups in total. The van der Waals surface area contributed by atoms with Crippen LogP contribution < -0.4 is 5.56 Å². The zero-order valence-corrected chi connectivity index (χ0v) is 13.0. The van der Waals surface area contributed by atoms with Crippen molar-refractivity contribution in [2.24, 2.45) is 5.10 Å². The summed E-state index contributed by atoms with van der Waals surface area (Å²) in [5.41, 5.74) is 1.38. The Morgan fingerprint density at radius 2 is 1.91 bits per heavy atom. The first-order valence-corrected chi connectivity index (χ1v) is 7.73. The Morgan fingerprint density at radius 1 is 1.22 bits per heavy atom. The molecule has 0 unspecified atom stereocenters. The van der Waals surface area contributed by atoms with Crippen LogP contribution >= 0.6 is 0 Å². The number of benzene rings is 1. The number of amides is 1. The first-order valence-electron chi connectivity index (χ1n) is 7.73. The number of hydrogen-bond acceptors (Lipinski definition) is 4. The zero-order valence-electron chi connectivity index (χ0n) is 13.0.